The first kappa shape index (κ1) is 64.7. The molecule has 0 aliphatic rings. The molecule has 0 spiro atoms. The Morgan fingerprint density at radius 3 is 1.41 bits per heavy atom. The van der Waals surface area contributed by atoms with Crippen molar-refractivity contribution in [2.24, 2.45) is 17.6 Å². The van der Waals surface area contributed by atoms with Crippen LogP contribution in [0.15, 0.2) is 109 Å². The molecule has 8 atom stereocenters. The number of carbonyl (C=O) groups excluding carboxylic acids is 8. The number of para-hydroxylation sites is 1. The number of benzene rings is 4. The van der Waals surface area contributed by atoms with E-state index in [2.05, 4.69) is 72.8 Å². The maximum absolute atomic E-state index is 14.5. The Balaban J connectivity index is 1.31. The SMILES string of the molecule is CC(C)C[C@H](NC(=O)[C@H](Cc1ccc(O)cc1)NC(=O)[C@H](CS)NC(=O)CNC(=O)[C@H](Cc1ccccc1)NC(=O)[C@H](CS)NC(=O)[C@@H](N)CC(C)C)C(=O)N[C@@H](Cc1c[nH]c2ccccc12)C(=O)N[C@@H](Cc1ccc(O)cc1)C(=O)O. The first-order valence-corrected chi connectivity index (χ1v) is 28.0. The van der Waals surface area contributed by atoms with Crippen LogP contribution in [-0.2, 0) is 68.8 Å². The third-order valence-corrected chi connectivity index (χ3v) is 13.9. The number of carbonyl (C=O) groups is 9. The number of amides is 8. The first-order chi connectivity index (χ1) is 39.0. The van der Waals surface area contributed by atoms with Crippen molar-refractivity contribution in [3.8, 4) is 11.5 Å². The fraction of sp³-hybridized carbons (Fsp3) is 0.397. The van der Waals surface area contributed by atoms with E-state index in [9.17, 15) is 58.5 Å². The number of aromatic amines is 1. The van der Waals surface area contributed by atoms with Crippen molar-refractivity contribution >= 4 is 89.4 Å². The van der Waals surface area contributed by atoms with Crippen LogP contribution in [0.5, 0.6) is 11.5 Å². The molecule has 1 heterocycles. The molecule has 0 bridgehead atoms. The molecule has 82 heavy (non-hydrogen) atoms. The summed E-state index contributed by atoms with van der Waals surface area (Å²) in [6.45, 7) is 6.72. The smallest absolute Gasteiger partial charge is 0.326 e. The molecule has 14 N–H and O–H groups in total. The van der Waals surface area contributed by atoms with Crippen LogP contribution in [0.2, 0.25) is 0 Å². The lowest BCUT2D eigenvalue weighted by molar-refractivity contribution is -0.142. The number of phenols is 2. The molecule has 5 aromatic rings. The second kappa shape index (κ2) is 31.8. The van der Waals surface area contributed by atoms with Gasteiger partial charge in [0.2, 0.25) is 47.3 Å². The van der Waals surface area contributed by atoms with Gasteiger partial charge in [0.25, 0.3) is 0 Å². The monoisotopic (exact) mass is 1170 g/mol. The fourth-order valence-electron chi connectivity index (χ4n) is 8.82. The van der Waals surface area contributed by atoms with Crippen molar-refractivity contribution in [1.29, 1.82) is 0 Å². The van der Waals surface area contributed by atoms with Gasteiger partial charge in [-0.3, -0.25) is 38.4 Å². The molecular weight excluding hydrogens is 1090 g/mol. The van der Waals surface area contributed by atoms with Gasteiger partial charge in [-0.25, -0.2) is 4.79 Å². The highest BCUT2D eigenvalue weighted by molar-refractivity contribution is 7.80. The number of aliphatic carboxylic acids is 1. The van der Waals surface area contributed by atoms with Crippen LogP contribution in [0.3, 0.4) is 0 Å². The number of thiol groups is 2. The van der Waals surface area contributed by atoms with Crippen molar-refractivity contribution in [2.75, 3.05) is 18.1 Å². The Labute approximate surface area is 486 Å². The zero-order valence-electron chi connectivity index (χ0n) is 46.0. The zero-order chi connectivity index (χ0) is 60.0. The van der Waals surface area contributed by atoms with Gasteiger partial charge in [0, 0.05) is 54.3 Å². The van der Waals surface area contributed by atoms with Crippen LogP contribution in [0.4, 0.5) is 0 Å². The third-order valence-electron chi connectivity index (χ3n) is 13.1. The number of rotatable bonds is 31. The van der Waals surface area contributed by atoms with Gasteiger partial charge in [0.15, 0.2) is 0 Å². The number of hydrogen-bond donors (Lipinski definition) is 15. The highest BCUT2D eigenvalue weighted by atomic mass is 32.1. The predicted octanol–water partition coefficient (Wildman–Crippen LogP) is 1.72. The molecule has 24 heteroatoms. The van der Waals surface area contributed by atoms with Gasteiger partial charge in [-0.1, -0.05) is 100 Å². The predicted molar refractivity (Wildman–Crippen MR) is 315 cm³/mol. The molecule has 0 saturated carbocycles. The largest absolute Gasteiger partial charge is 0.508 e. The highest BCUT2D eigenvalue weighted by Crippen LogP contribution is 2.21. The van der Waals surface area contributed by atoms with E-state index in [4.69, 9.17) is 5.73 Å². The maximum Gasteiger partial charge on any atom is 0.326 e. The molecule has 0 fully saturated rings. The number of aromatic nitrogens is 1. The minimum Gasteiger partial charge on any atom is -0.508 e. The van der Waals surface area contributed by atoms with E-state index in [1.54, 1.807) is 56.4 Å². The quantitative estimate of drug-likeness (QED) is 0.0282. The standard InChI is InChI=1S/C58H74N10O12S2/c1-32(2)22-41(59)51(72)68-49(31-82)57(78)64-44(24-34-10-6-5-7-11-34)52(73)61-29-50(71)62-48(30-81)56(77)65-45(25-35-14-18-38(69)19-15-35)54(75)63-43(23-33(3)4)53(74)66-46(27-37-28-60-42-13-9-8-12-40(37)42)55(76)67-47(58(79)80)26-36-16-20-39(70)21-17-36/h5-21,28,32-33,41,43-49,60,69-70,81-82H,22-27,29-31,59H2,1-4H3,(H,61,73)(H,62,71)(H,63,75)(H,64,78)(H,65,77)(H,66,74)(H,67,76)(H,68,72)(H,79,80)/t41-,43-,44-,45-,46-,47-,48-,49-/m0/s1. The van der Waals surface area contributed by atoms with Crippen molar-refractivity contribution in [3.05, 3.63) is 132 Å². The van der Waals surface area contributed by atoms with Gasteiger partial charge < -0.3 is 68.6 Å². The van der Waals surface area contributed by atoms with Crippen LogP contribution >= 0.6 is 25.3 Å². The normalized spacial score (nSPS) is 14.2. The van der Waals surface area contributed by atoms with Crippen LogP contribution in [-0.4, -0.2) is 140 Å². The summed E-state index contributed by atoms with van der Waals surface area (Å²) in [4.78, 5) is 127. The Morgan fingerprint density at radius 1 is 0.476 bits per heavy atom. The summed E-state index contributed by atoms with van der Waals surface area (Å²) in [5, 5.41) is 51.6. The van der Waals surface area contributed by atoms with E-state index in [1.165, 1.54) is 48.5 Å². The number of fused-ring (bicyclic) bond motifs is 1. The molecule has 4 aromatic carbocycles. The molecule has 8 amide bonds. The number of aromatic hydroxyl groups is 2. The number of carboxylic acid groups (broad SMARTS) is 1. The summed E-state index contributed by atoms with van der Waals surface area (Å²) in [6, 6.07) is 17.3. The van der Waals surface area contributed by atoms with Crippen LogP contribution in [0.25, 0.3) is 10.9 Å². The second-order valence-electron chi connectivity index (χ2n) is 20.8. The highest BCUT2D eigenvalue weighted by Gasteiger charge is 2.34. The molecular formula is C58H74N10O12S2. The fourth-order valence-corrected chi connectivity index (χ4v) is 9.33. The zero-order valence-corrected chi connectivity index (χ0v) is 47.8. The summed E-state index contributed by atoms with van der Waals surface area (Å²) in [5.41, 5.74) is 9.04. The van der Waals surface area contributed by atoms with Gasteiger partial charge in [0.05, 0.1) is 12.6 Å². The Bertz CT molecular complexity index is 2980. The van der Waals surface area contributed by atoms with Gasteiger partial charge in [-0.05, 0) is 77.3 Å². The molecule has 22 nitrogen and oxygen atoms in total. The molecule has 0 aliphatic heterocycles. The number of phenolic OH excluding ortho intramolecular Hbond substituents is 2. The summed E-state index contributed by atoms with van der Waals surface area (Å²) in [6.07, 6.45) is 1.62. The molecule has 5 rings (SSSR count). The lowest BCUT2D eigenvalue weighted by Crippen LogP contribution is -2.60. The molecule has 0 unspecified atom stereocenters. The van der Waals surface area contributed by atoms with Crippen molar-refractivity contribution in [2.45, 2.75) is 115 Å². The lowest BCUT2D eigenvalue weighted by atomic mass is 9.99. The Hall–Kier alpha value is -8.09. The van der Waals surface area contributed by atoms with Crippen LogP contribution < -0.4 is 48.3 Å². The van der Waals surface area contributed by atoms with Gasteiger partial charge in [-0.2, -0.15) is 25.3 Å². The number of carboxylic acids is 1. The first-order valence-electron chi connectivity index (χ1n) is 26.8. The molecule has 440 valence electrons. The number of nitrogens with two attached hydrogens (primary N) is 1. The minimum absolute atomic E-state index is 0.0108. The lowest BCUT2D eigenvalue weighted by Gasteiger charge is -2.27. The van der Waals surface area contributed by atoms with Crippen LogP contribution in [0, 0.1) is 11.8 Å². The summed E-state index contributed by atoms with van der Waals surface area (Å²) >= 11 is 8.53. The van der Waals surface area contributed by atoms with Gasteiger partial charge in [0.1, 0.15) is 53.8 Å². The van der Waals surface area contributed by atoms with E-state index in [1.807, 2.05) is 32.0 Å². The topological polar surface area (TPSA) is 352 Å². The average Bonchev–Trinajstić information content (AvgIpc) is 4.11. The number of hydrogen-bond acceptors (Lipinski definition) is 14. The maximum atomic E-state index is 14.5. The van der Waals surface area contributed by atoms with E-state index >= 15 is 0 Å². The molecule has 0 radical (unpaired) electrons. The average molecular weight is 1170 g/mol. The van der Waals surface area contributed by atoms with Crippen molar-refractivity contribution in [3.63, 3.8) is 0 Å². The van der Waals surface area contributed by atoms with E-state index in [0.29, 0.717) is 28.7 Å². The summed E-state index contributed by atoms with van der Waals surface area (Å²) < 4.78 is 0. The third kappa shape index (κ3) is 20.5. The molecule has 0 aliphatic carbocycles. The van der Waals surface area contributed by atoms with E-state index < -0.39 is 108 Å². The van der Waals surface area contributed by atoms with Crippen molar-refractivity contribution in [1.82, 2.24) is 47.5 Å². The van der Waals surface area contributed by atoms with Gasteiger partial charge in [-0.15, -0.1) is 0 Å². The minimum atomic E-state index is -1.45. The Kier molecular flexibility index (Phi) is 25.1. The van der Waals surface area contributed by atoms with Crippen LogP contribution in [0.1, 0.15) is 62.8 Å². The molecule has 0 saturated heterocycles. The summed E-state index contributed by atoms with van der Waals surface area (Å²) in [5.74, 6) is -8.27. The summed E-state index contributed by atoms with van der Waals surface area (Å²) in [7, 11) is 0. The Morgan fingerprint density at radius 2 is 0.890 bits per heavy atom. The number of nitrogens with one attached hydrogen (secondary N) is 9. The van der Waals surface area contributed by atoms with E-state index in [-0.39, 0.29) is 66.9 Å². The second-order valence-corrected chi connectivity index (χ2v) is 21.5. The van der Waals surface area contributed by atoms with Crippen molar-refractivity contribution < 1.29 is 58.5 Å². The van der Waals surface area contributed by atoms with Gasteiger partial charge >= 0.3 is 5.97 Å². The van der Waals surface area contributed by atoms with E-state index in [0.717, 1.165) is 10.9 Å². The molecule has 1 aromatic heterocycles. The number of H-pyrrole nitrogens is 1.